The summed E-state index contributed by atoms with van der Waals surface area (Å²) < 4.78 is 12.2. The molecule has 0 saturated carbocycles. The number of amides is 2. The first-order valence-corrected chi connectivity index (χ1v) is 16.2. The Morgan fingerprint density at radius 3 is 2.09 bits per heavy atom. The van der Waals surface area contributed by atoms with Crippen LogP contribution in [-0.2, 0) is 0 Å². The molecule has 1 aromatic heterocycles. The monoisotopic (exact) mass is 587 g/mol. The van der Waals surface area contributed by atoms with Crippen LogP contribution in [0.2, 0.25) is 0 Å². The number of benzene rings is 2. The fourth-order valence-electron chi connectivity index (χ4n) is 5.95. The highest BCUT2D eigenvalue weighted by atomic mass is 16.5. The van der Waals surface area contributed by atoms with Crippen molar-refractivity contribution in [3.63, 3.8) is 0 Å². The number of pyridine rings is 1. The Morgan fingerprint density at radius 1 is 0.837 bits per heavy atom. The van der Waals surface area contributed by atoms with Crippen molar-refractivity contribution >= 4 is 28.4 Å². The van der Waals surface area contributed by atoms with Crippen LogP contribution in [0, 0.1) is 6.92 Å². The molecule has 0 saturated heterocycles. The van der Waals surface area contributed by atoms with E-state index in [0.29, 0.717) is 30.0 Å². The van der Waals surface area contributed by atoms with Gasteiger partial charge in [0.15, 0.2) is 11.5 Å². The van der Waals surface area contributed by atoms with Crippen molar-refractivity contribution in [2.75, 3.05) is 38.8 Å². The Kier molecular flexibility index (Phi) is 12.2. The number of imide groups is 1. The molecular formula is C36H49N3O4. The third-order valence-electron chi connectivity index (χ3n) is 8.50. The lowest BCUT2D eigenvalue weighted by atomic mass is 10.1. The Balaban J connectivity index is 1.31. The van der Waals surface area contributed by atoms with Crippen molar-refractivity contribution < 1.29 is 19.1 Å². The average Bonchev–Trinajstić information content (AvgIpc) is 3.26. The molecule has 0 unspecified atom stereocenters. The van der Waals surface area contributed by atoms with Crippen LogP contribution in [0.15, 0.2) is 42.6 Å². The number of carbonyl (C=O) groups is 2. The lowest BCUT2D eigenvalue weighted by Crippen LogP contribution is -2.31. The second-order valence-corrected chi connectivity index (χ2v) is 11.7. The number of anilines is 1. The van der Waals surface area contributed by atoms with E-state index < -0.39 is 0 Å². The first-order valence-electron chi connectivity index (χ1n) is 16.2. The average molecular weight is 588 g/mol. The molecule has 2 heterocycles. The van der Waals surface area contributed by atoms with Crippen molar-refractivity contribution in [2.45, 2.75) is 90.9 Å². The maximum atomic E-state index is 12.7. The van der Waals surface area contributed by atoms with E-state index in [1.807, 2.05) is 25.4 Å². The normalized spacial score (nSPS) is 12.7. The van der Waals surface area contributed by atoms with Gasteiger partial charge in [-0.05, 0) is 49.9 Å². The standard InChI is InChI=1S/C36H49N3O4/c1-5-6-7-8-9-10-11-12-13-18-25-43-34-31(42-4)26-30(33-32(34)27(2)21-22-37-33)38(3)23-16-17-24-39-35(40)28-19-14-15-20-29(28)36(39)41/h14-15,19-22,26H,5-13,16-18,23-25H2,1-4H3. The largest absolute Gasteiger partial charge is 0.493 e. The van der Waals surface area contributed by atoms with Crippen molar-refractivity contribution in [1.82, 2.24) is 9.88 Å². The molecule has 0 N–H and O–H groups in total. The highest BCUT2D eigenvalue weighted by Crippen LogP contribution is 2.42. The van der Waals surface area contributed by atoms with Crippen LogP contribution < -0.4 is 14.4 Å². The summed E-state index contributed by atoms with van der Waals surface area (Å²) in [5, 5.41) is 0.988. The van der Waals surface area contributed by atoms with Crippen LogP contribution in [-0.4, -0.2) is 55.6 Å². The summed E-state index contributed by atoms with van der Waals surface area (Å²) in [6.45, 7) is 6.16. The van der Waals surface area contributed by atoms with Crippen molar-refractivity contribution in [1.29, 1.82) is 0 Å². The fraction of sp³-hybridized carbons (Fsp3) is 0.528. The van der Waals surface area contributed by atoms with Crippen LogP contribution in [0.3, 0.4) is 0 Å². The zero-order valence-corrected chi connectivity index (χ0v) is 26.6. The van der Waals surface area contributed by atoms with Gasteiger partial charge in [0, 0.05) is 32.4 Å². The summed E-state index contributed by atoms with van der Waals surface area (Å²) in [7, 11) is 3.73. The molecular weight excluding hydrogens is 538 g/mol. The molecule has 232 valence electrons. The number of aromatic nitrogens is 1. The molecule has 7 heteroatoms. The van der Waals surface area contributed by atoms with E-state index in [9.17, 15) is 9.59 Å². The summed E-state index contributed by atoms with van der Waals surface area (Å²) >= 11 is 0. The summed E-state index contributed by atoms with van der Waals surface area (Å²) in [6, 6.07) is 11.1. The van der Waals surface area contributed by atoms with Crippen LogP contribution in [0.25, 0.3) is 10.9 Å². The molecule has 2 amide bonds. The number of carbonyl (C=O) groups excluding carboxylic acids is 2. The number of aryl methyl sites for hydroxylation is 1. The molecule has 0 fully saturated rings. The molecule has 4 rings (SSSR count). The first-order chi connectivity index (χ1) is 21.0. The minimum atomic E-state index is -0.197. The van der Waals surface area contributed by atoms with Gasteiger partial charge in [0.1, 0.15) is 0 Å². The van der Waals surface area contributed by atoms with E-state index in [4.69, 9.17) is 14.5 Å². The second kappa shape index (κ2) is 16.3. The maximum Gasteiger partial charge on any atom is 0.261 e. The summed E-state index contributed by atoms with van der Waals surface area (Å²) in [5.74, 6) is 1.08. The Bertz CT molecular complexity index is 1340. The molecule has 43 heavy (non-hydrogen) atoms. The van der Waals surface area contributed by atoms with E-state index in [1.165, 1.54) is 62.7 Å². The summed E-state index contributed by atoms with van der Waals surface area (Å²) in [4.78, 5) is 33.7. The molecule has 2 aromatic carbocycles. The van der Waals surface area contributed by atoms with Crippen LogP contribution in [0.5, 0.6) is 11.5 Å². The minimum absolute atomic E-state index is 0.197. The van der Waals surface area contributed by atoms with Gasteiger partial charge in [0.25, 0.3) is 11.8 Å². The van der Waals surface area contributed by atoms with E-state index in [-0.39, 0.29) is 11.8 Å². The van der Waals surface area contributed by atoms with Gasteiger partial charge in [0.05, 0.1) is 41.4 Å². The van der Waals surface area contributed by atoms with Gasteiger partial charge >= 0.3 is 0 Å². The third-order valence-corrected chi connectivity index (χ3v) is 8.50. The zero-order chi connectivity index (χ0) is 30.6. The van der Waals surface area contributed by atoms with E-state index >= 15 is 0 Å². The lowest BCUT2D eigenvalue weighted by Gasteiger charge is -2.24. The van der Waals surface area contributed by atoms with Crippen molar-refractivity contribution in [3.05, 3.63) is 59.3 Å². The predicted octanol–water partition coefficient (Wildman–Crippen LogP) is 8.36. The fourth-order valence-corrected chi connectivity index (χ4v) is 5.95. The number of rotatable bonds is 19. The molecule has 0 spiro atoms. The van der Waals surface area contributed by atoms with Crippen LogP contribution in [0.4, 0.5) is 5.69 Å². The Labute approximate surface area is 257 Å². The Morgan fingerprint density at radius 2 is 1.47 bits per heavy atom. The van der Waals surface area contributed by atoms with E-state index in [0.717, 1.165) is 53.7 Å². The SMILES string of the molecule is CCCCCCCCCCCCOc1c(OC)cc(N(C)CCCCN2C(=O)c3ccccc3C2=O)c2nccc(C)c12. The highest BCUT2D eigenvalue weighted by molar-refractivity contribution is 6.21. The van der Waals surface area contributed by atoms with Gasteiger partial charge in [0.2, 0.25) is 0 Å². The Hall–Kier alpha value is -3.61. The molecule has 1 aliphatic rings. The van der Waals surface area contributed by atoms with Gasteiger partial charge in [-0.3, -0.25) is 19.5 Å². The van der Waals surface area contributed by atoms with Gasteiger partial charge < -0.3 is 14.4 Å². The maximum absolute atomic E-state index is 12.7. The number of hydrogen-bond donors (Lipinski definition) is 0. The summed E-state index contributed by atoms with van der Waals surface area (Å²) in [6.07, 6.45) is 16.3. The number of methoxy groups -OCH3 is 1. The number of ether oxygens (including phenoxy) is 2. The lowest BCUT2D eigenvalue weighted by molar-refractivity contribution is 0.0652. The van der Waals surface area contributed by atoms with Crippen LogP contribution in [0.1, 0.15) is 110 Å². The minimum Gasteiger partial charge on any atom is -0.493 e. The molecule has 0 aliphatic carbocycles. The van der Waals surface area contributed by atoms with Gasteiger partial charge in [-0.2, -0.15) is 0 Å². The molecule has 1 aliphatic heterocycles. The first kappa shape index (κ1) is 32.3. The molecule has 0 bridgehead atoms. The molecule has 0 radical (unpaired) electrons. The van der Waals surface area contributed by atoms with Crippen molar-refractivity contribution in [3.8, 4) is 11.5 Å². The van der Waals surface area contributed by atoms with Gasteiger partial charge in [-0.15, -0.1) is 0 Å². The number of nitrogens with zero attached hydrogens (tertiary/aromatic N) is 3. The van der Waals surface area contributed by atoms with E-state index in [1.54, 1.807) is 31.4 Å². The summed E-state index contributed by atoms with van der Waals surface area (Å²) in [5.41, 5.74) is 3.96. The van der Waals surface area contributed by atoms with Gasteiger partial charge in [-0.25, -0.2) is 0 Å². The second-order valence-electron chi connectivity index (χ2n) is 11.7. The van der Waals surface area contributed by atoms with Gasteiger partial charge in [-0.1, -0.05) is 76.8 Å². The highest BCUT2D eigenvalue weighted by Gasteiger charge is 2.34. The van der Waals surface area contributed by atoms with Crippen molar-refractivity contribution in [2.24, 2.45) is 0 Å². The number of unbranched alkanes of at least 4 members (excludes halogenated alkanes) is 10. The smallest absolute Gasteiger partial charge is 0.261 e. The topological polar surface area (TPSA) is 72.0 Å². The predicted molar refractivity (Wildman–Crippen MR) is 175 cm³/mol. The molecule has 3 aromatic rings. The number of fused-ring (bicyclic) bond motifs is 2. The van der Waals surface area contributed by atoms with E-state index in [2.05, 4.69) is 18.7 Å². The zero-order valence-electron chi connectivity index (χ0n) is 26.6. The molecule has 7 nitrogen and oxygen atoms in total. The third kappa shape index (κ3) is 8.07. The number of hydrogen-bond acceptors (Lipinski definition) is 6. The quantitative estimate of drug-likeness (QED) is 0.104. The van der Waals surface area contributed by atoms with Crippen LogP contribution >= 0.6 is 0 Å². The molecule has 0 atom stereocenters.